The fraction of sp³-hybridized carbons (Fsp3) is 0.111. The second-order valence-electron chi connectivity index (χ2n) is 28.5. The van der Waals surface area contributed by atoms with Gasteiger partial charge in [-0.05, 0) is 204 Å². The summed E-state index contributed by atoms with van der Waals surface area (Å²) in [5.41, 5.74) is 31.3. The van der Waals surface area contributed by atoms with E-state index in [0.29, 0.717) is 0 Å². The quantitative estimate of drug-likeness (QED) is 0.145. The maximum absolute atomic E-state index is 3.77. The van der Waals surface area contributed by atoms with Crippen LogP contribution in [0.3, 0.4) is 0 Å². The van der Waals surface area contributed by atoms with Crippen LogP contribution < -0.4 is 10.2 Å². The summed E-state index contributed by atoms with van der Waals surface area (Å²) in [4.78, 5) is 2.52. The fourth-order valence-electron chi connectivity index (χ4n) is 15.9. The van der Waals surface area contributed by atoms with Crippen molar-refractivity contribution in [3.8, 4) is 66.8 Å². The summed E-state index contributed by atoms with van der Waals surface area (Å²) >= 11 is 3.62. The molecule has 0 heterocycles. The maximum atomic E-state index is 3.77. The van der Waals surface area contributed by atoms with Gasteiger partial charge in [-0.3, -0.25) is 0 Å². The zero-order valence-corrected chi connectivity index (χ0v) is 60.1. The summed E-state index contributed by atoms with van der Waals surface area (Å²) in [6.07, 6.45) is 0. The molecule has 16 aromatic carbocycles. The van der Waals surface area contributed by atoms with Gasteiger partial charge in [0.25, 0.3) is 0 Å². The molecule has 2 aliphatic rings. The molecule has 496 valence electrons. The Morgan fingerprint density at radius 1 is 0.275 bits per heavy atom. The lowest BCUT2D eigenvalue weighted by atomic mass is 9.82. The van der Waals surface area contributed by atoms with Crippen molar-refractivity contribution in [1.82, 2.24) is 0 Å². The predicted molar refractivity (Wildman–Crippen MR) is 444 cm³/mol. The zero-order valence-electron chi connectivity index (χ0n) is 58.5. The number of fused-ring (bicyclic) bond motifs is 12. The Labute approximate surface area is 610 Å². The van der Waals surface area contributed by atoms with E-state index in [4.69, 9.17) is 0 Å². The van der Waals surface area contributed by atoms with Gasteiger partial charge in [0.15, 0.2) is 0 Å². The molecule has 16 aromatic rings. The van der Waals surface area contributed by atoms with Gasteiger partial charge in [-0.2, -0.15) is 0 Å². The van der Waals surface area contributed by atoms with Crippen LogP contribution in [0.1, 0.15) is 79.6 Å². The van der Waals surface area contributed by atoms with E-state index >= 15 is 0 Å². The first-order valence-electron chi connectivity index (χ1n) is 35.2. The van der Waals surface area contributed by atoms with Crippen LogP contribution in [0.5, 0.6) is 0 Å². The second-order valence-corrected chi connectivity index (χ2v) is 29.4. The highest BCUT2D eigenvalue weighted by molar-refractivity contribution is 9.10. The molecule has 0 atom stereocenters. The first kappa shape index (κ1) is 66.5. The van der Waals surface area contributed by atoms with E-state index < -0.39 is 0 Å². The van der Waals surface area contributed by atoms with Crippen molar-refractivity contribution in [3.05, 3.63) is 377 Å². The predicted octanol–water partition coefficient (Wildman–Crippen LogP) is 28.8. The van der Waals surface area contributed by atoms with Crippen LogP contribution in [0, 0.1) is 27.7 Å². The van der Waals surface area contributed by atoms with E-state index in [1.165, 1.54) is 160 Å². The Kier molecular flexibility index (Phi) is 17.8. The molecule has 0 aromatic heterocycles. The normalized spacial score (nSPS) is 12.6. The van der Waals surface area contributed by atoms with E-state index in [0.717, 1.165) is 27.2 Å². The van der Waals surface area contributed by atoms with Crippen molar-refractivity contribution < 1.29 is 0 Å². The minimum atomic E-state index is -0.118. The van der Waals surface area contributed by atoms with Crippen molar-refractivity contribution in [2.45, 2.75) is 73.6 Å². The van der Waals surface area contributed by atoms with Gasteiger partial charge in [-0.15, -0.1) is 0 Å². The van der Waals surface area contributed by atoms with E-state index in [-0.39, 0.29) is 18.3 Å². The molecular weight excluding hydrogens is 1300 g/mol. The van der Waals surface area contributed by atoms with Gasteiger partial charge < -0.3 is 10.2 Å². The molecule has 18 rings (SSSR count). The molecule has 2 nitrogen and oxygen atoms in total. The molecule has 102 heavy (non-hydrogen) atoms. The molecule has 2 aliphatic carbocycles. The molecule has 0 bridgehead atoms. The third kappa shape index (κ3) is 12.4. The van der Waals surface area contributed by atoms with Crippen LogP contribution in [-0.4, -0.2) is 0 Å². The third-order valence-electron chi connectivity index (χ3n) is 21.0. The molecule has 3 heteroatoms. The number of aryl methyl sites for hydroxylation is 4. The van der Waals surface area contributed by atoms with Crippen LogP contribution >= 0.6 is 15.9 Å². The number of hydrogen-bond donors (Lipinski definition) is 1. The van der Waals surface area contributed by atoms with E-state index in [2.05, 4.69) is 409 Å². The van der Waals surface area contributed by atoms with E-state index in [1.54, 1.807) is 0 Å². The lowest BCUT2D eigenvalue weighted by molar-refractivity contribution is 0.660. The van der Waals surface area contributed by atoms with Crippen LogP contribution in [0.25, 0.3) is 110 Å². The molecule has 0 saturated carbocycles. The Hall–Kier alpha value is -11.4. The third-order valence-corrected chi connectivity index (χ3v) is 21.7. The monoisotopic (exact) mass is 1380 g/mol. The number of nitrogens with one attached hydrogen (secondary N) is 1. The highest BCUT2D eigenvalue weighted by Gasteiger charge is 2.37. The SMILES string of the molecule is Brc1cc2ccccc2c2ccccc12.C.Cc1cccc(-c2ccc(N(c3ccc4c(c3)C(C)(C)c3ccccc3-4)c3cc4ccccc4c4ccccc34)c(-c3cccc(C)c3)c2)c1.Cc1cccc(-c2ccc(Nc3ccc4c(c3)C(C)(C)c3ccccc3-4)c(-c3cccc(C)c3)c2)c1. The van der Waals surface area contributed by atoms with Gasteiger partial charge in [-0.1, -0.05) is 340 Å². The van der Waals surface area contributed by atoms with Crippen LogP contribution in [0.2, 0.25) is 0 Å². The lowest BCUT2D eigenvalue weighted by Gasteiger charge is -2.31. The second kappa shape index (κ2) is 27.3. The first-order chi connectivity index (χ1) is 49.1. The number of anilines is 5. The molecule has 0 aliphatic heterocycles. The van der Waals surface area contributed by atoms with Crippen molar-refractivity contribution in [2.75, 3.05) is 10.2 Å². The summed E-state index contributed by atoms with van der Waals surface area (Å²) in [5, 5.41) is 13.9. The Bertz CT molecular complexity index is 5910. The van der Waals surface area contributed by atoms with E-state index in [1.807, 2.05) is 0 Å². The zero-order chi connectivity index (χ0) is 69.1. The number of benzene rings is 16. The van der Waals surface area contributed by atoms with Crippen molar-refractivity contribution in [3.63, 3.8) is 0 Å². The molecule has 1 N–H and O–H groups in total. The first-order valence-corrected chi connectivity index (χ1v) is 36.0. The Balaban J connectivity index is 0.000000140. The molecule has 0 spiro atoms. The van der Waals surface area contributed by atoms with Gasteiger partial charge in [0.1, 0.15) is 0 Å². The average molecular weight is 1380 g/mol. The van der Waals surface area contributed by atoms with Crippen molar-refractivity contribution in [1.29, 1.82) is 0 Å². The van der Waals surface area contributed by atoms with Gasteiger partial charge in [0, 0.05) is 48.9 Å². The average Bonchev–Trinajstić information content (AvgIpc) is 1.50. The van der Waals surface area contributed by atoms with Gasteiger partial charge >= 0.3 is 0 Å². The molecule has 0 fully saturated rings. The highest BCUT2D eigenvalue weighted by Crippen LogP contribution is 2.54. The molecule has 0 unspecified atom stereocenters. The summed E-state index contributed by atoms with van der Waals surface area (Å²) in [6, 6.07) is 120. The van der Waals surface area contributed by atoms with Crippen LogP contribution in [0.15, 0.2) is 332 Å². The van der Waals surface area contributed by atoms with Crippen molar-refractivity contribution >= 4 is 87.5 Å². The fourth-order valence-corrected chi connectivity index (χ4v) is 16.5. The van der Waals surface area contributed by atoms with Gasteiger partial charge in [0.05, 0.1) is 11.4 Å². The summed E-state index contributed by atoms with van der Waals surface area (Å²) in [5.74, 6) is 0. The lowest BCUT2D eigenvalue weighted by Crippen LogP contribution is -2.17. The summed E-state index contributed by atoms with van der Waals surface area (Å²) < 4.78 is 1.16. The Morgan fingerprint density at radius 2 is 0.686 bits per heavy atom. The topological polar surface area (TPSA) is 15.3 Å². The van der Waals surface area contributed by atoms with Crippen LogP contribution in [0.4, 0.5) is 28.4 Å². The molecule has 0 amide bonds. The molecule has 0 radical (unpaired) electrons. The highest BCUT2D eigenvalue weighted by atomic mass is 79.9. The number of nitrogens with zero attached hydrogens (tertiary/aromatic N) is 1. The summed E-state index contributed by atoms with van der Waals surface area (Å²) in [6.45, 7) is 18.0. The smallest absolute Gasteiger partial charge is 0.0546 e. The number of halogens is 1. The van der Waals surface area contributed by atoms with E-state index in [9.17, 15) is 0 Å². The van der Waals surface area contributed by atoms with Crippen LogP contribution in [-0.2, 0) is 10.8 Å². The number of hydrogen-bond acceptors (Lipinski definition) is 2. The largest absolute Gasteiger partial charge is 0.355 e. The molecular formula is C99H83BrN2. The Morgan fingerprint density at radius 3 is 1.25 bits per heavy atom. The van der Waals surface area contributed by atoms with Crippen molar-refractivity contribution in [2.24, 2.45) is 0 Å². The minimum absolute atomic E-state index is 0. The standard InChI is InChI=1S/C49H39N.C35H31N.C14H9Br.CH4/c1-32-13-11-16-34(27-32)35-23-26-47(44(29-35)36-17-12-14-33(2)28-36)50(48-30-37-15-5-6-18-39(37)40-19-7-8-21-43(40)48)38-24-25-42-41-20-9-10-22-45(41)49(3,4)46(42)31-38;1-23-9-7-11-25(19-23)26-15-18-34(31(21-26)27-12-8-10-24(2)20-27)36-28-16-17-30-29-13-5-6-14-32(29)35(3,4)33(30)22-28;15-14-9-10-5-1-2-6-11(10)12-7-3-4-8-13(12)14;/h5-31H,1-4H3;5-22,36H,1-4H3;1-9H;1H4. The van der Waals surface area contributed by atoms with Gasteiger partial charge in [-0.25, -0.2) is 0 Å². The number of rotatable bonds is 9. The minimum Gasteiger partial charge on any atom is -0.355 e. The maximum Gasteiger partial charge on any atom is 0.0546 e. The summed E-state index contributed by atoms with van der Waals surface area (Å²) in [7, 11) is 0. The van der Waals surface area contributed by atoms with Gasteiger partial charge in [0.2, 0.25) is 0 Å². The molecule has 0 saturated heterocycles.